The van der Waals surface area contributed by atoms with Crippen LogP contribution in [0.1, 0.15) is 29.7 Å². The molecular weight excluding hydrogens is 498 g/mol. The highest BCUT2D eigenvalue weighted by atomic mass is 79.9. The third-order valence-corrected chi connectivity index (χ3v) is 7.24. The average Bonchev–Trinajstić information content (AvgIpc) is 2.76. The van der Waals surface area contributed by atoms with Gasteiger partial charge in [-0.05, 0) is 75.0 Å². The second-order valence-corrected chi connectivity index (χ2v) is 10.0. The van der Waals surface area contributed by atoms with Gasteiger partial charge in [0.2, 0.25) is 5.91 Å². The van der Waals surface area contributed by atoms with E-state index in [9.17, 15) is 4.79 Å². The molecule has 0 saturated carbocycles. The number of anilines is 2. The van der Waals surface area contributed by atoms with E-state index in [2.05, 4.69) is 32.6 Å². The van der Waals surface area contributed by atoms with Gasteiger partial charge in [0.15, 0.2) is 10.8 Å². The summed E-state index contributed by atoms with van der Waals surface area (Å²) < 4.78 is 7.57. The average molecular weight is 522 g/mol. The van der Waals surface area contributed by atoms with E-state index in [1.54, 1.807) is 0 Å². The zero-order valence-corrected chi connectivity index (χ0v) is 21.0. The van der Waals surface area contributed by atoms with Crippen LogP contribution in [0.3, 0.4) is 0 Å². The van der Waals surface area contributed by atoms with Crippen LogP contribution in [0.5, 0.6) is 5.75 Å². The SMILES string of the molecule is Cc1ccc(NC(=O)C2C3NC(=S)N(c4ccc(Br)cc4)C2(C)Oc2ccccc23)c(C)c1. The van der Waals surface area contributed by atoms with E-state index >= 15 is 0 Å². The first kappa shape index (κ1) is 21.9. The van der Waals surface area contributed by atoms with Crippen LogP contribution in [0.4, 0.5) is 11.4 Å². The summed E-state index contributed by atoms with van der Waals surface area (Å²) in [7, 11) is 0. The lowest BCUT2D eigenvalue weighted by Gasteiger charge is -2.56. The highest BCUT2D eigenvalue weighted by Crippen LogP contribution is 2.49. The largest absolute Gasteiger partial charge is 0.467 e. The molecule has 1 fully saturated rings. The normalized spacial score (nSPS) is 23.3. The topological polar surface area (TPSA) is 53.6 Å². The van der Waals surface area contributed by atoms with Crippen molar-refractivity contribution < 1.29 is 9.53 Å². The molecule has 2 heterocycles. The van der Waals surface area contributed by atoms with E-state index in [1.807, 2.05) is 86.3 Å². The van der Waals surface area contributed by atoms with Gasteiger partial charge < -0.3 is 15.4 Å². The number of ether oxygens (including phenoxy) is 1. The van der Waals surface area contributed by atoms with Crippen molar-refractivity contribution in [3.63, 3.8) is 0 Å². The van der Waals surface area contributed by atoms with Crippen molar-refractivity contribution in [1.29, 1.82) is 0 Å². The van der Waals surface area contributed by atoms with Crippen LogP contribution in [0, 0.1) is 19.8 Å². The first-order valence-corrected chi connectivity index (χ1v) is 12.0. The number of amides is 1. The number of fused-ring (bicyclic) bond motifs is 4. The molecule has 0 spiro atoms. The van der Waals surface area contributed by atoms with Gasteiger partial charge in [-0.2, -0.15) is 0 Å². The summed E-state index contributed by atoms with van der Waals surface area (Å²) >= 11 is 9.29. The molecule has 168 valence electrons. The van der Waals surface area contributed by atoms with Gasteiger partial charge in [0, 0.05) is 21.4 Å². The highest BCUT2D eigenvalue weighted by Gasteiger charge is 2.59. The van der Waals surface area contributed by atoms with Crippen molar-refractivity contribution in [3.8, 4) is 5.75 Å². The lowest BCUT2D eigenvalue weighted by Crippen LogP contribution is -2.72. The summed E-state index contributed by atoms with van der Waals surface area (Å²) in [5, 5.41) is 7.11. The maximum Gasteiger partial charge on any atom is 0.236 e. The number of nitrogens with one attached hydrogen (secondary N) is 2. The number of carbonyl (C=O) groups is 1. The first-order chi connectivity index (χ1) is 15.8. The van der Waals surface area contributed by atoms with Crippen LogP contribution in [0.2, 0.25) is 0 Å². The Hall–Kier alpha value is -2.90. The molecular formula is C26H24BrN3O2S. The molecule has 2 aliphatic heterocycles. The number of halogens is 1. The monoisotopic (exact) mass is 521 g/mol. The van der Waals surface area contributed by atoms with Crippen molar-refractivity contribution in [1.82, 2.24) is 5.32 Å². The van der Waals surface area contributed by atoms with E-state index in [-0.39, 0.29) is 11.9 Å². The summed E-state index contributed by atoms with van der Waals surface area (Å²) in [6, 6.07) is 21.4. The van der Waals surface area contributed by atoms with Gasteiger partial charge in [-0.15, -0.1) is 0 Å². The number of aryl methyl sites for hydroxylation is 2. The molecule has 0 aliphatic carbocycles. The Morgan fingerprint density at radius 2 is 1.85 bits per heavy atom. The third kappa shape index (κ3) is 3.69. The van der Waals surface area contributed by atoms with Crippen LogP contribution < -0.4 is 20.3 Å². The van der Waals surface area contributed by atoms with E-state index < -0.39 is 11.6 Å². The van der Waals surface area contributed by atoms with Crippen LogP contribution in [-0.2, 0) is 4.79 Å². The number of thiocarbonyl (C=S) groups is 1. The number of rotatable bonds is 3. The van der Waals surface area contributed by atoms with Crippen LogP contribution in [-0.4, -0.2) is 16.7 Å². The molecule has 0 radical (unpaired) electrons. The molecule has 3 aromatic rings. The number of para-hydroxylation sites is 1. The maximum atomic E-state index is 13.9. The Labute approximate surface area is 207 Å². The predicted octanol–water partition coefficient (Wildman–Crippen LogP) is 5.87. The van der Waals surface area contributed by atoms with Crippen molar-refractivity contribution in [2.45, 2.75) is 32.5 Å². The summed E-state index contributed by atoms with van der Waals surface area (Å²) in [5.74, 6) is 0.0576. The maximum absolute atomic E-state index is 13.9. The quantitative estimate of drug-likeness (QED) is 0.422. The molecule has 3 atom stereocenters. The zero-order valence-electron chi connectivity index (χ0n) is 18.6. The molecule has 5 rings (SSSR count). The Bertz CT molecular complexity index is 1260. The fourth-order valence-electron chi connectivity index (χ4n) is 4.87. The molecule has 3 aromatic carbocycles. The number of hydrogen-bond donors (Lipinski definition) is 2. The van der Waals surface area contributed by atoms with Gasteiger partial charge in [0.1, 0.15) is 11.7 Å². The van der Waals surface area contributed by atoms with Gasteiger partial charge >= 0.3 is 0 Å². The van der Waals surface area contributed by atoms with Crippen molar-refractivity contribution in [2.75, 3.05) is 10.2 Å². The van der Waals surface area contributed by atoms with E-state index in [4.69, 9.17) is 17.0 Å². The zero-order chi connectivity index (χ0) is 23.3. The minimum absolute atomic E-state index is 0.124. The minimum atomic E-state index is -1.03. The molecule has 0 aromatic heterocycles. The molecule has 33 heavy (non-hydrogen) atoms. The second-order valence-electron chi connectivity index (χ2n) is 8.72. The Morgan fingerprint density at radius 1 is 1.12 bits per heavy atom. The first-order valence-electron chi connectivity index (χ1n) is 10.8. The lowest BCUT2D eigenvalue weighted by atomic mass is 9.78. The minimum Gasteiger partial charge on any atom is -0.467 e. The molecule has 1 saturated heterocycles. The summed E-state index contributed by atoms with van der Waals surface area (Å²) in [4.78, 5) is 15.8. The van der Waals surface area contributed by atoms with Gasteiger partial charge in [-0.1, -0.05) is 51.8 Å². The number of benzene rings is 3. The van der Waals surface area contributed by atoms with Crippen molar-refractivity contribution in [3.05, 3.63) is 87.9 Å². The predicted molar refractivity (Wildman–Crippen MR) is 139 cm³/mol. The molecule has 1 amide bonds. The molecule has 2 N–H and O–H groups in total. The van der Waals surface area contributed by atoms with Gasteiger partial charge in [-0.25, -0.2) is 0 Å². The Morgan fingerprint density at radius 3 is 2.58 bits per heavy atom. The lowest BCUT2D eigenvalue weighted by molar-refractivity contribution is -0.130. The van der Waals surface area contributed by atoms with E-state index in [0.717, 1.165) is 38.3 Å². The van der Waals surface area contributed by atoms with Gasteiger partial charge in [0.05, 0.1) is 6.04 Å². The summed E-state index contributed by atoms with van der Waals surface area (Å²) in [6.45, 7) is 5.98. The third-order valence-electron chi connectivity index (χ3n) is 6.41. The second kappa shape index (κ2) is 8.15. The number of hydrogen-bond acceptors (Lipinski definition) is 3. The molecule has 2 aliphatic rings. The van der Waals surface area contributed by atoms with Crippen LogP contribution in [0.25, 0.3) is 0 Å². The summed E-state index contributed by atoms with van der Waals surface area (Å²) in [5.41, 5.74) is 3.71. The van der Waals surface area contributed by atoms with Gasteiger partial charge in [-0.3, -0.25) is 9.69 Å². The molecule has 2 bridgehead atoms. The Kier molecular flexibility index (Phi) is 5.41. The molecule has 5 nitrogen and oxygen atoms in total. The molecule has 7 heteroatoms. The van der Waals surface area contributed by atoms with Crippen LogP contribution in [0.15, 0.2) is 71.2 Å². The van der Waals surface area contributed by atoms with E-state index in [1.165, 1.54) is 0 Å². The fourth-order valence-corrected chi connectivity index (χ4v) is 5.55. The van der Waals surface area contributed by atoms with Crippen molar-refractivity contribution >= 4 is 50.5 Å². The number of carbonyl (C=O) groups excluding carboxylic acids is 1. The fraction of sp³-hybridized carbons (Fsp3) is 0.231. The standard InChI is InChI=1S/C26H24BrN3O2S/c1-15-8-13-20(16(2)14-15)28-24(31)22-23-19-6-4-5-7-21(19)32-26(22,3)30(25(33)29-23)18-11-9-17(27)10-12-18/h4-14,22-23H,1-3H3,(H,28,31)(H,29,33). The Balaban J connectivity index is 1.61. The summed E-state index contributed by atoms with van der Waals surface area (Å²) in [6.07, 6.45) is 0. The van der Waals surface area contributed by atoms with Crippen LogP contribution >= 0.6 is 28.1 Å². The number of nitrogens with zero attached hydrogens (tertiary/aromatic N) is 1. The highest BCUT2D eigenvalue weighted by molar-refractivity contribution is 9.10. The molecule has 3 unspecified atom stereocenters. The smallest absolute Gasteiger partial charge is 0.236 e. The van der Waals surface area contributed by atoms with Crippen molar-refractivity contribution in [2.24, 2.45) is 5.92 Å². The van der Waals surface area contributed by atoms with Gasteiger partial charge in [0.25, 0.3) is 0 Å². The van der Waals surface area contributed by atoms with E-state index in [0.29, 0.717) is 5.11 Å².